The monoisotopic (exact) mass is 284 g/mol. The first kappa shape index (κ1) is 16.5. The van der Waals surface area contributed by atoms with Gasteiger partial charge in [-0.3, -0.25) is 9.48 Å². The number of ether oxygens (including phenoxy) is 2. The molecule has 0 saturated heterocycles. The fourth-order valence-corrected chi connectivity index (χ4v) is 1.94. The topological polar surface area (TPSA) is 82.6 Å². The van der Waals surface area contributed by atoms with Crippen LogP contribution in [0.1, 0.15) is 23.8 Å². The number of nitrogens with two attached hydrogens (primary N) is 1. The van der Waals surface area contributed by atoms with Crippen LogP contribution in [0.25, 0.3) is 0 Å². The molecule has 0 aliphatic carbocycles. The van der Waals surface area contributed by atoms with Gasteiger partial charge >= 0.3 is 0 Å². The van der Waals surface area contributed by atoms with Crippen molar-refractivity contribution in [3.05, 3.63) is 11.9 Å². The van der Waals surface area contributed by atoms with Gasteiger partial charge in [0.25, 0.3) is 5.91 Å². The number of hydrogen-bond acceptors (Lipinski definition) is 5. The molecular weight excluding hydrogens is 260 g/mol. The summed E-state index contributed by atoms with van der Waals surface area (Å²) in [5.41, 5.74) is 6.71. The van der Waals surface area contributed by atoms with E-state index in [2.05, 4.69) is 5.10 Å². The maximum Gasteiger partial charge on any atom is 0.274 e. The Kier molecular flexibility index (Phi) is 7.03. The zero-order valence-electron chi connectivity index (χ0n) is 12.5. The van der Waals surface area contributed by atoms with Gasteiger partial charge in [-0.25, -0.2) is 0 Å². The Balaban J connectivity index is 2.82. The van der Waals surface area contributed by atoms with E-state index >= 15 is 0 Å². The summed E-state index contributed by atoms with van der Waals surface area (Å²) in [6.45, 7) is 4.75. The van der Waals surface area contributed by atoms with Crippen LogP contribution in [0.2, 0.25) is 0 Å². The van der Waals surface area contributed by atoms with E-state index in [1.165, 1.54) is 6.20 Å². The van der Waals surface area contributed by atoms with Gasteiger partial charge in [-0.15, -0.1) is 0 Å². The Morgan fingerprint density at radius 3 is 2.65 bits per heavy atom. The highest BCUT2D eigenvalue weighted by Gasteiger charge is 2.22. The van der Waals surface area contributed by atoms with Crippen molar-refractivity contribution in [2.45, 2.75) is 19.9 Å². The molecule has 114 valence electrons. The molecule has 20 heavy (non-hydrogen) atoms. The van der Waals surface area contributed by atoms with Crippen LogP contribution >= 0.6 is 0 Å². The van der Waals surface area contributed by atoms with Gasteiger partial charge in [-0.2, -0.15) is 5.10 Å². The number of aromatic nitrogens is 2. The highest BCUT2D eigenvalue weighted by atomic mass is 16.5. The van der Waals surface area contributed by atoms with Crippen LogP contribution < -0.4 is 5.73 Å². The van der Waals surface area contributed by atoms with E-state index < -0.39 is 0 Å². The number of hydrogen-bond donors (Lipinski definition) is 1. The van der Waals surface area contributed by atoms with E-state index in [1.807, 2.05) is 6.92 Å². The van der Waals surface area contributed by atoms with Crippen LogP contribution in [0.3, 0.4) is 0 Å². The minimum atomic E-state index is -0.116. The van der Waals surface area contributed by atoms with Crippen molar-refractivity contribution in [3.8, 4) is 0 Å². The number of aryl methyl sites for hydroxylation is 1. The predicted octanol–water partition coefficient (Wildman–Crippen LogP) is 0.610. The molecule has 0 aromatic carbocycles. The van der Waals surface area contributed by atoms with Crippen LogP contribution in [0, 0.1) is 0 Å². The van der Waals surface area contributed by atoms with Crippen molar-refractivity contribution in [2.24, 2.45) is 0 Å². The number of nitrogen functional groups attached to an aromatic ring is 1. The maximum absolute atomic E-state index is 12.6. The summed E-state index contributed by atoms with van der Waals surface area (Å²) in [6.07, 6.45) is 2.28. The number of carbonyl (C=O) groups excluding carboxylic acids is 1. The second-order valence-electron chi connectivity index (χ2n) is 4.40. The molecule has 1 aromatic rings. The molecule has 1 aromatic heterocycles. The number of nitrogens with zero attached hydrogens (tertiary/aromatic N) is 3. The van der Waals surface area contributed by atoms with E-state index in [1.54, 1.807) is 23.8 Å². The van der Waals surface area contributed by atoms with Gasteiger partial charge in [0, 0.05) is 40.5 Å². The molecule has 0 atom stereocenters. The molecule has 0 aliphatic heterocycles. The first-order chi connectivity index (χ1) is 9.65. The molecule has 0 fully saturated rings. The van der Waals surface area contributed by atoms with Gasteiger partial charge < -0.3 is 20.1 Å². The van der Waals surface area contributed by atoms with Gasteiger partial charge in [-0.1, -0.05) is 0 Å². The van der Waals surface area contributed by atoms with Crippen molar-refractivity contribution < 1.29 is 14.3 Å². The molecule has 0 saturated carbocycles. The molecule has 0 bridgehead atoms. The summed E-state index contributed by atoms with van der Waals surface area (Å²) in [4.78, 5) is 14.3. The molecule has 0 unspecified atom stereocenters. The summed E-state index contributed by atoms with van der Waals surface area (Å²) in [6, 6.07) is 0. The third kappa shape index (κ3) is 4.21. The highest BCUT2D eigenvalue weighted by molar-refractivity contribution is 5.97. The molecule has 1 rings (SSSR count). The van der Waals surface area contributed by atoms with E-state index in [0.717, 1.165) is 6.42 Å². The first-order valence-electron chi connectivity index (χ1n) is 6.74. The number of anilines is 1. The predicted molar refractivity (Wildman–Crippen MR) is 76.6 cm³/mol. The SMILES string of the molecule is CCn1ncc(N)c1C(=O)N(CCCOC)CCOC. The summed E-state index contributed by atoms with van der Waals surface area (Å²) < 4.78 is 11.7. The Hall–Kier alpha value is -1.60. The Labute approximate surface area is 119 Å². The van der Waals surface area contributed by atoms with Crippen LogP contribution in [0.15, 0.2) is 6.20 Å². The molecule has 7 nitrogen and oxygen atoms in total. The van der Waals surface area contributed by atoms with Crippen molar-refractivity contribution in [1.82, 2.24) is 14.7 Å². The molecule has 0 aliphatic rings. The molecular formula is C13H24N4O3. The fraction of sp³-hybridized carbons (Fsp3) is 0.692. The van der Waals surface area contributed by atoms with Crippen LogP contribution in [-0.2, 0) is 16.0 Å². The average Bonchev–Trinajstić information content (AvgIpc) is 2.83. The molecule has 0 radical (unpaired) electrons. The second-order valence-corrected chi connectivity index (χ2v) is 4.40. The van der Waals surface area contributed by atoms with Crippen LogP contribution in [0.5, 0.6) is 0 Å². The summed E-state index contributed by atoms with van der Waals surface area (Å²) in [7, 11) is 3.26. The molecule has 7 heteroatoms. The minimum Gasteiger partial charge on any atom is -0.396 e. The summed E-state index contributed by atoms with van der Waals surface area (Å²) in [5.74, 6) is -0.116. The fourth-order valence-electron chi connectivity index (χ4n) is 1.94. The van der Waals surface area contributed by atoms with Crippen molar-refractivity contribution in [3.63, 3.8) is 0 Å². The lowest BCUT2D eigenvalue weighted by Gasteiger charge is -2.22. The molecule has 2 N–H and O–H groups in total. The molecule has 1 heterocycles. The van der Waals surface area contributed by atoms with E-state index in [0.29, 0.717) is 44.2 Å². The number of amides is 1. The zero-order chi connectivity index (χ0) is 15.0. The molecule has 1 amide bonds. The van der Waals surface area contributed by atoms with Crippen molar-refractivity contribution >= 4 is 11.6 Å². The van der Waals surface area contributed by atoms with E-state index in [9.17, 15) is 4.79 Å². The van der Waals surface area contributed by atoms with Gasteiger partial charge in [-0.05, 0) is 13.3 Å². The van der Waals surface area contributed by atoms with E-state index in [4.69, 9.17) is 15.2 Å². The lowest BCUT2D eigenvalue weighted by Crippen LogP contribution is -2.37. The summed E-state index contributed by atoms with van der Waals surface area (Å²) in [5, 5.41) is 4.10. The van der Waals surface area contributed by atoms with Gasteiger partial charge in [0.2, 0.25) is 0 Å². The molecule has 0 spiro atoms. The average molecular weight is 284 g/mol. The van der Waals surface area contributed by atoms with Gasteiger partial charge in [0.1, 0.15) is 5.69 Å². The highest BCUT2D eigenvalue weighted by Crippen LogP contribution is 2.14. The Morgan fingerprint density at radius 1 is 1.35 bits per heavy atom. The standard InChI is InChI=1S/C13H24N4O3/c1-4-17-12(11(14)10-15-17)13(18)16(7-9-20-3)6-5-8-19-2/h10H,4-9,14H2,1-3H3. The second kappa shape index (κ2) is 8.55. The minimum absolute atomic E-state index is 0.116. The van der Waals surface area contributed by atoms with Crippen molar-refractivity contribution in [1.29, 1.82) is 0 Å². The normalized spacial score (nSPS) is 10.8. The first-order valence-corrected chi connectivity index (χ1v) is 6.74. The number of rotatable bonds is 9. The smallest absolute Gasteiger partial charge is 0.274 e. The Bertz CT molecular complexity index is 420. The van der Waals surface area contributed by atoms with Crippen LogP contribution in [0.4, 0.5) is 5.69 Å². The number of carbonyl (C=O) groups is 1. The lowest BCUT2D eigenvalue weighted by molar-refractivity contribution is 0.0663. The third-order valence-corrected chi connectivity index (χ3v) is 3.00. The Morgan fingerprint density at radius 2 is 2.05 bits per heavy atom. The zero-order valence-corrected chi connectivity index (χ0v) is 12.5. The third-order valence-electron chi connectivity index (χ3n) is 3.00. The van der Waals surface area contributed by atoms with E-state index in [-0.39, 0.29) is 5.91 Å². The summed E-state index contributed by atoms with van der Waals surface area (Å²) >= 11 is 0. The van der Waals surface area contributed by atoms with Gasteiger partial charge in [0.15, 0.2) is 0 Å². The maximum atomic E-state index is 12.6. The van der Waals surface area contributed by atoms with Crippen molar-refractivity contribution in [2.75, 3.05) is 46.3 Å². The quantitative estimate of drug-likeness (QED) is 0.672. The lowest BCUT2D eigenvalue weighted by atomic mass is 10.3. The van der Waals surface area contributed by atoms with Gasteiger partial charge in [0.05, 0.1) is 18.5 Å². The number of methoxy groups -OCH3 is 2. The largest absolute Gasteiger partial charge is 0.396 e. The van der Waals surface area contributed by atoms with Crippen LogP contribution in [-0.4, -0.2) is 61.1 Å².